The summed E-state index contributed by atoms with van der Waals surface area (Å²) in [5.41, 5.74) is 2.09. The van der Waals surface area contributed by atoms with Crippen LogP contribution in [0, 0.1) is 12.8 Å². The van der Waals surface area contributed by atoms with Crippen LogP contribution in [0.2, 0.25) is 0 Å². The van der Waals surface area contributed by atoms with Crippen LogP contribution in [0.25, 0.3) is 0 Å². The van der Waals surface area contributed by atoms with Crippen LogP contribution in [0.3, 0.4) is 0 Å². The minimum atomic E-state index is -3.60. The summed E-state index contributed by atoms with van der Waals surface area (Å²) in [4.78, 5) is 0.212. The molecule has 1 aliphatic carbocycles. The van der Waals surface area contributed by atoms with Gasteiger partial charge in [-0.3, -0.25) is 4.18 Å². The highest BCUT2D eigenvalue weighted by Gasteiger charge is 2.29. The maximum Gasteiger partial charge on any atom is 0.296 e. The van der Waals surface area contributed by atoms with Crippen LogP contribution >= 0.6 is 0 Å². The van der Waals surface area contributed by atoms with Crippen LogP contribution in [0.1, 0.15) is 12.0 Å². The Morgan fingerprint density at radius 3 is 2.44 bits per heavy atom. The molecule has 2 rings (SSSR count). The molecular weight excluding hydrogens is 224 g/mol. The first kappa shape index (κ1) is 11.4. The van der Waals surface area contributed by atoms with Crippen molar-refractivity contribution in [2.24, 2.45) is 5.92 Å². The lowest BCUT2D eigenvalue weighted by Gasteiger charge is -2.04. The molecule has 16 heavy (non-hydrogen) atoms. The zero-order valence-electron chi connectivity index (χ0n) is 9.14. The molecule has 0 aromatic heterocycles. The lowest BCUT2D eigenvalue weighted by Crippen LogP contribution is -2.08. The van der Waals surface area contributed by atoms with E-state index >= 15 is 0 Å². The predicted octanol–water partition coefficient (Wildman–Crippen LogP) is 2.28. The Morgan fingerprint density at radius 1 is 1.38 bits per heavy atom. The lowest BCUT2D eigenvalue weighted by molar-refractivity contribution is 0.306. The number of benzene rings is 1. The highest BCUT2D eigenvalue weighted by atomic mass is 32.2. The summed E-state index contributed by atoms with van der Waals surface area (Å²) in [6, 6.07) is 6.64. The Bertz CT molecular complexity index is 500. The van der Waals surface area contributed by atoms with E-state index < -0.39 is 10.1 Å². The van der Waals surface area contributed by atoms with Gasteiger partial charge in [-0.05, 0) is 25.5 Å². The summed E-state index contributed by atoms with van der Waals surface area (Å²) in [5, 5.41) is 0. The molecule has 1 fully saturated rings. The van der Waals surface area contributed by atoms with Crippen molar-refractivity contribution in [3.05, 3.63) is 42.0 Å². The van der Waals surface area contributed by atoms with Crippen molar-refractivity contribution in [3.63, 3.8) is 0 Å². The van der Waals surface area contributed by atoms with Crippen LogP contribution in [0.4, 0.5) is 0 Å². The fourth-order valence-electron chi connectivity index (χ4n) is 1.38. The van der Waals surface area contributed by atoms with E-state index in [1.54, 1.807) is 24.3 Å². The van der Waals surface area contributed by atoms with Gasteiger partial charge in [0.25, 0.3) is 10.1 Å². The molecule has 0 unspecified atom stereocenters. The average Bonchev–Trinajstić information content (AvgIpc) is 2.93. The smallest absolute Gasteiger partial charge is 0.266 e. The van der Waals surface area contributed by atoms with Crippen molar-refractivity contribution in [3.8, 4) is 0 Å². The molecule has 4 heteroatoms. The third-order valence-corrected chi connectivity index (χ3v) is 3.96. The number of aryl methyl sites for hydroxylation is 1. The van der Waals surface area contributed by atoms with Gasteiger partial charge in [0.1, 0.15) is 0 Å². The van der Waals surface area contributed by atoms with Crippen LogP contribution in [-0.2, 0) is 14.3 Å². The molecule has 0 radical (unpaired) electrons. The molecule has 1 aliphatic rings. The Hall–Kier alpha value is -1.13. The number of hydrogen-bond acceptors (Lipinski definition) is 3. The van der Waals surface area contributed by atoms with Gasteiger partial charge in [0.05, 0.1) is 11.5 Å². The highest BCUT2D eigenvalue weighted by Crippen LogP contribution is 2.36. The van der Waals surface area contributed by atoms with Crippen molar-refractivity contribution in [2.75, 3.05) is 6.61 Å². The van der Waals surface area contributed by atoms with Gasteiger partial charge >= 0.3 is 0 Å². The summed E-state index contributed by atoms with van der Waals surface area (Å²) in [6.07, 6.45) is 0.878. The van der Waals surface area contributed by atoms with Gasteiger partial charge in [0.2, 0.25) is 0 Å². The zero-order valence-corrected chi connectivity index (χ0v) is 9.96. The first-order valence-electron chi connectivity index (χ1n) is 5.13. The van der Waals surface area contributed by atoms with E-state index in [9.17, 15) is 8.42 Å². The van der Waals surface area contributed by atoms with Crippen molar-refractivity contribution in [1.82, 2.24) is 0 Å². The molecule has 0 heterocycles. The summed E-state index contributed by atoms with van der Waals surface area (Å²) in [7, 11) is -3.60. The summed E-state index contributed by atoms with van der Waals surface area (Å²) in [5.74, 6) is 0.222. The Labute approximate surface area is 95.9 Å². The first-order valence-corrected chi connectivity index (χ1v) is 6.53. The van der Waals surface area contributed by atoms with E-state index in [1.165, 1.54) is 0 Å². The van der Waals surface area contributed by atoms with Crippen molar-refractivity contribution >= 4 is 10.1 Å². The van der Waals surface area contributed by atoms with Crippen molar-refractivity contribution in [1.29, 1.82) is 0 Å². The Balaban J connectivity index is 2.06. The van der Waals surface area contributed by atoms with Gasteiger partial charge in [-0.25, -0.2) is 0 Å². The zero-order chi connectivity index (χ0) is 11.8. The molecule has 1 aromatic carbocycles. The van der Waals surface area contributed by atoms with Crippen LogP contribution < -0.4 is 0 Å². The largest absolute Gasteiger partial charge is 0.296 e. The van der Waals surface area contributed by atoms with E-state index in [4.69, 9.17) is 4.18 Å². The van der Waals surface area contributed by atoms with Crippen LogP contribution in [0.5, 0.6) is 0 Å². The quantitative estimate of drug-likeness (QED) is 0.597. The maximum absolute atomic E-state index is 11.7. The SMILES string of the molecule is C=C1C[C@@H]1COS(=O)(=O)c1ccc(C)cc1. The van der Waals surface area contributed by atoms with Gasteiger partial charge in [-0.2, -0.15) is 8.42 Å². The molecule has 1 aromatic rings. The molecule has 1 atom stereocenters. The summed E-state index contributed by atoms with van der Waals surface area (Å²) < 4.78 is 28.4. The van der Waals surface area contributed by atoms with E-state index in [1.807, 2.05) is 6.92 Å². The third-order valence-electron chi connectivity index (χ3n) is 2.66. The molecule has 1 saturated carbocycles. The topological polar surface area (TPSA) is 43.4 Å². The highest BCUT2D eigenvalue weighted by molar-refractivity contribution is 7.86. The lowest BCUT2D eigenvalue weighted by atomic mass is 10.2. The van der Waals surface area contributed by atoms with Crippen molar-refractivity contribution in [2.45, 2.75) is 18.2 Å². The minimum Gasteiger partial charge on any atom is -0.266 e. The molecule has 0 amide bonds. The molecule has 0 aliphatic heterocycles. The fraction of sp³-hybridized carbons (Fsp3) is 0.333. The normalized spacial score (nSPS) is 19.8. The molecule has 0 saturated heterocycles. The Kier molecular flexibility index (Phi) is 2.86. The van der Waals surface area contributed by atoms with E-state index in [0.717, 1.165) is 17.6 Å². The predicted molar refractivity (Wildman–Crippen MR) is 61.6 cm³/mol. The van der Waals surface area contributed by atoms with Gasteiger partial charge < -0.3 is 0 Å². The number of hydrogen-bond donors (Lipinski definition) is 0. The first-order chi connectivity index (χ1) is 7.49. The standard InChI is InChI=1S/C12H14O3S/c1-9-3-5-12(6-4-9)16(13,14)15-8-11-7-10(11)2/h3-6,11H,2,7-8H2,1H3/t11-/m1/s1. The molecule has 3 nitrogen and oxygen atoms in total. The van der Waals surface area contributed by atoms with Gasteiger partial charge in [0.15, 0.2) is 0 Å². The van der Waals surface area contributed by atoms with Crippen LogP contribution in [-0.4, -0.2) is 15.0 Å². The summed E-state index contributed by atoms with van der Waals surface area (Å²) in [6.45, 7) is 5.88. The van der Waals surface area contributed by atoms with Crippen molar-refractivity contribution < 1.29 is 12.6 Å². The maximum atomic E-state index is 11.7. The second-order valence-electron chi connectivity index (χ2n) is 4.11. The third kappa shape index (κ3) is 2.51. The molecular formula is C12H14O3S. The molecule has 0 spiro atoms. The average molecular weight is 238 g/mol. The van der Waals surface area contributed by atoms with E-state index in [2.05, 4.69) is 6.58 Å². The van der Waals surface area contributed by atoms with E-state index in [0.29, 0.717) is 0 Å². The van der Waals surface area contributed by atoms with Crippen LogP contribution in [0.15, 0.2) is 41.3 Å². The summed E-state index contributed by atoms with van der Waals surface area (Å²) >= 11 is 0. The molecule has 0 bridgehead atoms. The fourth-order valence-corrected chi connectivity index (χ4v) is 2.33. The van der Waals surface area contributed by atoms with Gasteiger partial charge in [-0.1, -0.05) is 29.8 Å². The minimum absolute atomic E-state index is 0.212. The molecule has 86 valence electrons. The second kappa shape index (κ2) is 4.03. The van der Waals surface area contributed by atoms with E-state index in [-0.39, 0.29) is 17.4 Å². The van der Waals surface area contributed by atoms with Gasteiger partial charge in [-0.15, -0.1) is 0 Å². The monoisotopic (exact) mass is 238 g/mol. The van der Waals surface area contributed by atoms with Gasteiger partial charge in [0, 0.05) is 5.92 Å². The Morgan fingerprint density at radius 2 is 1.94 bits per heavy atom. The number of rotatable bonds is 4. The second-order valence-corrected chi connectivity index (χ2v) is 5.73. The molecule has 0 N–H and O–H groups in total.